The van der Waals surface area contributed by atoms with Gasteiger partial charge in [-0.15, -0.1) is 0 Å². The van der Waals surface area contributed by atoms with E-state index >= 15 is 0 Å². The third-order valence-electron chi connectivity index (χ3n) is 4.08. The number of aromatic carboxylic acids is 1. The van der Waals surface area contributed by atoms with Crippen LogP contribution in [0.15, 0.2) is 23.0 Å². The maximum absolute atomic E-state index is 13.5. The molecular formula is C18H23FN2O3. The molecule has 0 aliphatic rings. The summed E-state index contributed by atoms with van der Waals surface area (Å²) in [7, 11) is 0. The van der Waals surface area contributed by atoms with E-state index in [-0.39, 0.29) is 10.9 Å². The highest BCUT2D eigenvalue weighted by Crippen LogP contribution is 2.22. The molecule has 6 heteroatoms. The van der Waals surface area contributed by atoms with Crippen LogP contribution in [0.5, 0.6) is 0 Å². The summed E-state index contributed by atoms with van der Waals surface area (Å²) in [6.45, 7) is 5.04. The van der Waals surface area contributed by atoms with Gasteiger partial charge in [-0.25, -0.2) is 9.18 Å². The SMILES string of the molecule is CCCCCCNc1c(C(=O)O)c(=O)c2cc(F)ccc2n1CC. The topological polar surface area (TPSA) is 71.3 Å². The van der Waals surface area contributed by atoms with Crippen molar-refractivity contribution in [3.8, 4) is 0 Å². The first-order chi connectivity index (χ1) is 11.5. The summed E-state index contributed by atoms with van der Waals surface area (Å²) >= 11 is 0. The maximum Gasteiger partial charge on any atom is 0.343 e. The Morgan fingerprint density at radius 2 is 2.00 bits per heavy atom. The third-order valence-corrected chi connectivity index (χ3v) is 4.08. The molecule has 1 heterocycles. The number of halogens is 1. The average molecular weight is 334 g/mol. The number of fused-ring (bicyclic) bond motifs is 1. The van der Waals surface area contributed by atoms with Gasteiger partial charge in [-0.1, -0.05) is 26.2 Å². The third kappa shape index (κ3) is 3.58. The van der Waals surface area contributed by atoms with Crippen LogP contribution in [0.1, 0.15) is 49.9 Å². The highest BCUT2D eigenvalue weighted by Gasteiger charge is 2.21. The number of aromatic nitrogens is 1. The predicted molar refractivity (Wildman–Crippen MR) is 93.4 cm³/mol. The van der Waals surface area contributed by atoms with E-state index in [4.69, 9.17) is 0 Å². The van der Waals surface area contributed by atoms with Crippen molar-refractivity contribution in [2.75, 3.05) is 11.9 Å². The van der Waals surface area contributed by atoms with E-state index in [0.29, 0.717) is 24.4 Å². The molecule has 24 heavy (non-hydrogen) atoms. The van der Waals surface area contributed by atoms with Gasteiger partial charge in [-0.2, -0.15) is 0 Å². The molecule has 0 aliphatic carbocycles. The van der Waals surface area contributed by atoms with Gasteiger partial charge in [0.1, 0.15) is 17.2 Å². The van der Waals surface area contributed by atoms with Gasteiger partial charge in [0, 0.05) is 18.5 Å². The second-order valence-corrected chi connectivity index (χ2v) is 5.75. The summed E-state index contributed by atoms with van der Waals surface area (Å²) in [5.41, 5.74) is -0.451. The van der Waals surface area contributed by atoms with E-state index < -0.39 is 17.2 Å². The number of rotatable bonds is 8. The molecular weight excluding hydrogens is 311 g/mol. The van der Waals surface area contributed by atoms with Crippen molar-refractivity contribution in [2.24, 2.45) is 0 Å². The summed E-state index contributed by atoms with van der Waals surface area (Å²) in [5, 5.41) is 12.7. The van der Waals surface area contributed by atoms with E-state index in [1.165, 1.54) is 12.1 Å². The lowest BCUT2D eigenvalue weighted by atomic mass is 10.1. The van der Waals surface area contributed by atoms with Crippen LogP contribution in [0, 0.1) is 5.82 Å². The van der Waals surface area contributed by atoms with Crippen LogP contribution in [0.25, 0.3) is 10.9 Å². The number of aryl methyl sites for hydroxylation is 1. The zero-order valence-electron chi connectivity index (χ0n) is 14.1. The lowest BCUT2D eigenvalue weighted by Crippen LogP contribution is -2.24. The number of hydrogen-bond acceptors (Lipinski definition) is 3. The minimum atomic E-state index is -1.30. The van der Waals surface area contributed by atoms with Gasteiger partial charge in [-0.05, 0) is 31.5 Å². The van der Waals surface area contributed by atoms with E-state index in [2.05, 4.69) is 12.2 Å². The van der Waals surface area contributed by atoms with Crippen LogP contribution in [-0.2, 0) is 6.54 Å². The lowest BCUT2D eigenvalue weighted by Gasteiger charge is -2.19. The van der Waals surface area contributed by atoms with Crippen molar-refractivity contribution in [1.82, 2.24) is 4.57 Å². The van der Waals surface area contributed by atoms with Crippen molar-refractivity contribution < 1.29 is 14.3 Å². The molecule has 0 fully saturated rings. The first-order valence-corrected chi connectivity index (χ1v) is 8.34. The molecule has 130 valence electrons. The molecule has 0 saturated heterocycles. The summed E-state index contributed by atoms with van der Waals surface area (Å²) in [5.74, 6) is -1.56. The Balaban J connectivity index is 2.54. The summed E-state index contributed by atoms with van der Waals surface area (Å²) in [4.78, 5) is 24.2. The fraction of sp³-hybridized carbons (Fsp3) is 0.444. The molecule has 0 aliphatic heterocycles. The predicted octanol–water partition coefficient (Wildman–Crippen LogP) is 3.85. The Kier molecular flexibility index (Phi) is 5.95. The molecule has 5 nitrogen and oxygen atoms in total. The monoisotopic (exact) mass is 334 g/mol. The van der Waals surface area contributed by atoms with Crippen LogP contribution in [0.4, 0.5) is 10.2 Å². The number of carboxylic acids is 1. The Labute approximate surface area is 140 Å². The van der Waals surface area contributed by atoms with Gasteiger partial charge < -0.3 is 15.0 Å². The average Bonchev–Trinajstić information content (AvgIpc) is 2.55. The van der Waals surface area contributed by atoms with E-state index in [1.807, 2.05) is 6.92 Å². The summed E-state index contributed by atoms with van der Waals surface area (Å²) in [6.07, 6.45) is 4.17. The van der Waals surface area contributed by atoms with Gasteiger partial charge in [0.25, 0.3) is 0 Å². The number of hydrogen-bond donors (Lipinski definition) is 2. The zero-order valence-corrected chi connectivity index (χ0v) is 14.1. The van der Waals surface area contributed by atoms with Crippen LogP contribution in [0.3, 0.4) is 0 Å². The van der Waals surface area contributed by atoms with Crippen molar-refractivity contribution in [3.05, 3.63) is 39.8 Å². The quantitative estimate of drug-likeness (QED) is 0.719. The summed E-state index contributed by atoms with van der Waals surface area (Å²) in [6, 6.07) is 3.89. The normalized spacial score (nSPS) is 11.0. The van der Waals surface area contributed by atoms with Crippen molar-refractivity contribution in [1.29, 1.82) is 0 Å². The summed E-state index contributed by atoms with van der Waals surface area (Å²) < 4.78 is 15.2. The van der Waals surface area contributed by atoms with E-state index in [9.17, 15) is 19.1 Å². The number of carboxylic acid groups (broad SMARTS) is 1. The number of pyridine rings is 1. The molecule has 0 amide bonds. The van der Waals surface area contributed by atoms with Gasteiger partial charge in [0.15, 0.2) is 0 Å². The van der Waals surface area contributed by atoms with Gasteiger partial charge in [0.05, 0.1) is 5.52 Å². The van der Waals surface area contributed by atoms with Crippen molar-refractivity contribution in [2.45, 2.75) is 46.1 Å². The van der Waals surface area contributed by atoms with Crippen LogP contribution in [0.2, 0.25) is 0 Å². The second kappa shape index (κ2) is 7.95. The van der Waals surface area contributed by atoms with Gasteiger partial charge in [0.2, 0.25) is 5.43 Å². The number of unbranched alkanes of at least 4 members (excludes halogenated alkanes) is 3. The Morgan fingerprint density at radius 1 is 1.25 bits per heavy atom. The standard InChI is InChI=1S/C18H23FN2O3/c1-3-5-6-7-10-20-17-15(18(23)24)16(22)13-11-12(19)8-9-14(13)21(17)4-2/h8-9,11,20H,3-7,10H2,1-2H3,(H,23,24). The molecule has 0 bridgehead atoms. The first-order valence-electron chi connectivity index (χ1n) is 8.34. The Bertz CT molecular complexity index is 799. The van der Waals surface area contributed by atoms with E-state index in [0.717, 1.165) is 31.7 Å². The molecule has 1 aromatic carbocycles. The Morgan fingerprint density at radius 3 is 2.62 bits per heavy atom. The first kappa shape index (κ1) is 18.0. The van der Waals surface area contributed by atoms with E-state index in [1.54, 1.807) is 4.57 Å². The Hall–Kier alpha value is -2.37. The molecule has 0 unspecified atom stereocenters. The number of anilines is 1. The second-order valence-electron chi connectivity index (χ2n) is 5.75. The molecule has 0 radical (unpaired) electrons. The molecule has 2 aromatic rings. The molecule has 1 aromatic heterocycles. The van der Waals surface area contributed by atoms with Crippen molar-refractivity contribution >= 4 is 22.7 Å². The largest absolute Gasteiger partial charge is 0.477 e. The smallest absolute Gasteiger partial charge is 0.343 e. The molecule has 0 atom stereocenters. The fourth-order valence-corrected chi connectivity index (χ4v) is 2.89. The van der Waals surface area contributed by atoms with Gasteiger partial charge >= 0.3 is 5.97 Å². The number of benzene rings is 1. The minimum Gasteiger partial charge on any atom is -0.477 e. The number of carbonyl (C=O) groups is 1. The molecule has 0 spiro atoms. The highest BCUT2D eigenvalue weighted by molar-refractivity contribution is 5.98. The number of nitrogens with one attached hydrogen (secondary N) is 1. The fourth-order valence-electron chi connectivity index (χ4n) is 2.89. The van der Waals surface area contributed by atoms with Gasteiger partial charge in [-0.3, -0.25) is 4.79 Å². The van der Waals surface area contributed by atoms with Crippen molar-refractivity contribution in [3.63, 3.8) is 0 Å². The molecule has 0 saturated carbocycles. The maximum atomic E-state index is 13.5. The molecule has 2 N–H and O–H groups in total. The minimum absolute atomic E-state index is 0.0887. The lowest BCUT2D eigenvalue weighted by molar-refractivity contribution is 0.0696. The van der Waals surface area contributed by atoms with Crippen LogP contribution < -0.4 is 10.7 Å². The number of nitrogens with zero attached hydrogens (tertiary/aromatic N) is 1. The van der Waals surface area contributed by atoms with Crippen LogP contribution >= 0.6 is 0 Å². The zero-order chi connectivity index (χ0) is 17.7. The van der Waals surface area contributed by atoms with Crippen LogP contribution in [-0.4, -0.2) is 22.2 Å². The molecule has 2 rings (SSSR count). The highest BCUT2D eigenvalue weighted by atomic mass is 19.1.